The summed E-state index contributed by atoms with van der Waals surface area (Å²) in [6, 6.07) is 13.4. The fourth-order valence-electron chi connectivity index (χ4n) is 3.88. The van der Waals surface area contributed by atoms with E-state index in [-0.39, 0.29) is 5.91 Å². The van der Waals surface area contributed by atoms with Crippen molar-refractivity contribution in [3.63, 3.8) is 0 Å². The van der Waals surface area contributed by atoms with E-state index in [1.54, 1.807) is 19.4 Å². The van der Waals surface area contributed by atoms with Crippen LogP contribution in [0.3, 0.4) is 0 Å². The molecular weight excluding hydrogens is 470 g/mol. The molecule has 7 heteroatoms. The van der Waals surface area contributed by atoms with Gasteiger partial charge in [-0.3, -0.25) is 9.78 Å². The Morgan fingerprint density at radius 3 is 2.56 bits per heavy atom. The summed E-state index contributed by atoms with van der Waals surface area (Å²) in [6.07, 6.45) is 3.18. The zero-order valence-corrected chi connectivity index (χ0v) is 20.2. The number of rotatable bonds is 4. The number of ether oxygens (including phenoxy) is 2. The molecule has 0 spiro atoms. The van der Waals surface area contributed by atoms with E-state index < -0.39 is 5.54 Å². The summed E-state index contributed by atoms with van der Waals surface area (Å²) in [5, 5.41) is 4.21. The smallest absolute Gasteiger partial charge is 0.252 e. The first-order valence-electron chi connectivity index (χ1n) is 10.7. The van der Waals surface area contributed by atoms with Crippen LogP contribution in [-0.2, 0) is 10.3 Å². The van der Waals surface area contributed by atoms with Crippen LogP contribution in [0.4, 0.5) is 0 Å². The molecule has 0 atom stereocenters. The van der Waals surface area contributed by atoms with Gasteiger partial charge >= 0.3 is 0 Å². The Labute approximate surface area is 197 Å². The molecule has 0 saturated carbocycles. The summed E-state index contributed by atoms with van der Waals surface area (Å²) in [4.78, 5) is 19.8. The van der Waals surface area contributed by atoms with Crippen molar-refractivity contribution < 1.29 is 14.3 Å². The number of benzene rings is 2. The van der Waals surface area contributed by atoms with Gasteiger partial charge < -0.3 is 19.7 Å². The Kier molecular flexibility index (Phi) is 6.79. The molecule has 1 N–H and O–H groups in total. The molecule has 0 unspecified atom stereocenters. The highest BCUT2D eigenvalue weighted by molar-refractivity contribution is 9.10. The fourth-order valence-corrected chi connectivity index (χ4v) is 4.32. The minimum absolute atomic E-state index is 0.147. The third-order valence-electron chi connectivity index (χ3n) is 6.02. The summed E-state index contributed by atoms with van der Waals surface area (Å²) in [7, 11) is 3.73. The second-order valence-corrected chi connectivity index (χ2v) is 9.31. The standard InChI is InChI=1S/C21H19BrN2O3.C4H9N/c1-13-5-6-15(26-2)10-17(13)20(25)24-21(11-27-12-21)18-8-14(22)9-19-16(18)4-3-7-23-19;1-5-3-2-4-5/h3-10H,11-12H2,1-2H3,(H,24,25);2-4H2,1H3. The van der Waals surface area contributed by atoms with Crippen LogP contribution in [0.5, 0.6) is 5.75 Å². The monoisotopic (exact) mass is 497 g/mol. The highest BCUT2D eigenvalue weighted by Crippen LogP contribution is 2.36. The number of methoxy groups -OCH3 is 1. The van der Waals surface area contributed by atoms with Crippen LogP contribution in [0.25, 0.3) is 10.9 Å². The first-order chi connectivity index (χ1) is 15.4. The quantitative estimate of drug-likeness (QED) is 0.582. The van der Waals surface area contributed by atoms with Crippen LogP contribution in [0.1, 0.15) is 27.9 Å². The number of hydrogen-bond acceptors (Lipinski definition) is 5. The van der Waals surface area contributed by atoms with Gasteiger partial charge in [-0.15, -0.1) is 0 Å². The van der Waals surface area contributed by atoms with E-state index in [1.165, 1.54) is 19.5 Å². The minimum atomic E-state index is -0.586. The lowest BCUT2D eigenvalue weighted by molar-refractivity contribution is -0.0726. The van der Waals surface area contributed by atoms with Gasteiger partial charge in [0.2, 0.25) is 0 Å². The Morgan fingerprint density at radius 2 is 1.97 bits per heavy atom. The van der Waals surface area contributed by atoms with Crippen molar-refractivity contribution in [1.29, 1.82) is 0 Å². The van der Waals surface area contributed by atoms with Crippen LogP contribution in [0.2, 0.25) is 0 Å². The lowest BCUT2D eigenvalue weighted by Gasteiger charge is -2.43. The maximum absolute atomic E-state index is 13.1. The van der Waals surface area contributed by atoms with E-state index in [4.69, 9.17) is 9.47 Å². The van der Waals surface area contributed by atoms with Crippen LogP contribution in [-0.4, -0.2) is 56.3 Å². The van der Waals surface area contributed by atoms with Crippen LogP contribution < -0.4 is 10.1 Å². The van der Waals surface area contributed by atoms with Crippen molar-refractivity contribution in [3.8, 4) is 5.75 Å². The summed E-state index contributed by atoms with van der Waals surface area (Å²) < 4.78 is 11.7. The average molecular weight is 498 g/mol. The van der Waals surface area contributed by atoms with E-state index in [0.29, 0.717) is 24.5 Å². The number of pyridine rings is 1. The van der Waals surface area contributed by atoms with Crippen molar-refractivity contribution in [2.24, 2.45) is 0 Å². The number of aromatic nitrogens is 1. The Bertz CT molecular complexity index is 1130. The molecule has 6 nitrogen and oxygen atoms in total. The summed E-state index contributed by atoms with van der Waals surface area (Å²) in [6.45, 7) is 5.39. The van der Waals surface area contributed by atoms with Crippen LogP contribution in [0, 0.1) is 6.92 Å². The van der Waals surface area contributed by atoms with E-state index >= 15 is 0 Å². The van der Waals surface area contributed by atoms with Gasteiger partial charge in [0.25, 0.3) is 5.91 Å². The molecule has 2 saturated heterocycles. The number of amides is 1. The average Bonchev–Trinajstić information content (AvgIpc) is 2.75. The predicted octanol–water partition coefficient (Wildman–Crippen LogP) is 4.29. The second-order valence-electron chi connectivity index (χ2n) is 8.39. The molecular formula is C25H28BrN3O3. The molecule has 5 rings (SSSR count). The summed E-state index contributed by atoms with van der Waals surface area (Å²) in [5.41, 5.74) is 2.78. The van der Waals surface area contributed by atoms with Crippen molar-refractivity contribution in [1.82, 2.24) is 15.2 Å². The van der Waals surface area contributed by atoms with Crippen LogP contribution >= 0.6 is 15.9 Å². The topological polar surface area (TPSA) is 63.7 Å². The molecule has 2 aliphatic rings. The highest BCUT2D eigenvalue weighted by atomic mass is 79.9. The summed E-state index contributed by atoms with van der Waals surface area (Å²) in [5.74, 6) is 0.508. The maximum Gasteiger partial charge on any atom is 0.252 e. The van der Waals surface area contributed by atoms with E-state index in [9.17, 15) is 4.79 Å². The lowest BCUT2D eigenvalue weighted by atomic mass is 9.85. The molecule has 0 bridgehead atoms. The van der Waals surface area contributed by atoms with Gasteiger partial charge in [-0.05, 0) is 74.9 Å². The predicted molar refractivity (Wildman–Crippen MR) is 129 cm³/mol. The van der Waals surface area contributed by atoms with E-state index in [2.05, 4.69) is 38.2 Å². The first kappa shape index (κ1) is 22.7. The first-order valence-corrected chi connectivity index (χ1v) is 11.5. The van der Waals surface area contributed by atoms with Crippen molar-refractivity contribution in [2.75, 3.05) is 40.5 Å². The molecule has 0 aliphatic carbocycles. The Morgan fingerprint density at radius 1 is 1.22 bits per heavy atom. The fraction of sp³-hybridized carbons (Fsp3) is 0.360. The SMILES string of the molecule is CN1CCC1.COc1ccc(C)c(C(=O)NC2(c3cc(Br)cc4ncccc34)COC2)c1. The van der Waals surface area contributed by atoms with Crippen LogP contribution in [0.15, 0.2) is 53.1 Å². The van der Waals surface area contributed by atoms with Gasteiger partial charge in [-0.25, -0.2) is 0 Å². The molecule has 2 aromatic carbocycles. The molecule has 1 aromatic heterocycles. The molecule has 32 heavy (non-hydrogen) atoms. The summed E-state index contributed by atoms with van der Waals surface area (Å²) >= 11 is 3.56. The molecule has 3 aromatic rings. The number of likely N-dealkylation sites (tertiary alicyclic amines) is 1. The second kappa shape index (κ2) is 9.57. The Hall–Kier alpha value is -2.48. The van der Waals surface area contributed by atoms with Gasteiger partial charge in [0.15, 0.2) is 0 Å². The number of hydrogen-bond donors (Lipinski definition) is 1. The van der Waals surface area contributed by atoms with Crippen molar-refractivity contribution in [2.45, 2.75) is 18.9 Å². The van der Waals surface area contributed by atoms with E-state index in [1.807, 2.05) is 43.3 Å². The van der Waals surface area contributed by atoms with Gasteiger partial charge in [0.1, 0.15) is 11.3 Å². The van der Waals surface area contributed by atoms with Gasteiger partial charge in [-0.1, -0.05) is 28.1 Å². The number of fused-ring (bicyclic) bond motifs is 1. The third kappa shape index (κ3) is 4.65. The number of aryl methyl sites for hydroxylation is 1. The third-order valence-corrected chi connectivity index (χ3v) is 6.48. The molecule has 2 aliphatic heterocycles. The van der Waals surface area contributed by atoms with Gasteiger partial charge in [-0.2, -0.15) is 0 Å². The number of nitrogens with one attached hydrogen (secondary N) is 1. The lowest BCUT2D eigenvalue weighted by Crippen LogP contribution is -2.59. The van der Waals surface area contributed by atoms with Gasteiger partial charge in [0, 0.05) is 21.6 Å². The number of carbonyl (C=O) groups excluding carboxylic acids is 1. The van der Waals surface area contributed by atoms with Crippen molar-refractivity contribution in [3.05, 3.63) is 69.8 Å². The molecule has 3 heterocycles. The number of halogens is 1. The minimum Gasteiger partial charge on any atom is -0.497 e. The molecule has 2 fully saturated rings. The maximum atomic E-state index is 13.1. The molecule has 0 radical (unpaired) electrons. The largest absolute Gasteiger partial charge is 0.497 e. The zero-order valence-electron chi connectivity index (χ0n) is 18.7. The zero-order chi connectivity index (χ0) is 22.7. The van der Waals surface area contributed by atoms with Crippen molar-refractivity contribution >= 4 is 32.7 Å². The number of carbonyl (C=O) groups is 1. The van der Waals surface area contributed by atoms with Gasteiger partial charge in [0.05, 0.1) is 25.8 Å². The molecule has 1 amide bonds. The normalized spacial score (nSPS) is 16.9. The molecule has 168 valence electrons. The van der Waals surface area contributed by atoms with E-state index in [0.717, 1.165) is 26.5 Å². The Balaban J connectivity index is 0.000000433. The number of nitrogens with zero attached hydrogens (tertiary/aromatic N) is 2. The highest BCUT2D eigenvalue weighted by Gasteiger charge is 2.43.